The number of allylic oxidation sites excluding steroid dienone is 4. The summed E-state index contributed by atoms with van der Waals surface area (Å²) in [5, 5.41) is 0. The molecule has 318 valence electrons. The van der Waals surface area contributed by atoms with Gasteiger partial charge in [0.1, 0.15) is 0 Å². The van der Waals surface area contributed by atoms with Crippen molar-refractivity contribution in [1.82, 2.24) is 19.6 Å². The fourth-order valence-electron chi connectivity index (χ4n) is 7.42. The molecule has 0 spiro atoms. The average Bonchev–Trinajstić information content (AvgIpc) is 3.65. The molecule has 0 saturated carbocycles. The number of benzene rings is 2. The Morgan fingerprint density at radius 3 is 1.17 bits per heavy atom. The van der Waals surface area contributed by atoms with Crippen LogP contribution in [0.25, 0.3) is 12.2 Å². The molecule has 2 fully saturated rings. The zero-order valence-corrected chi connectivity index (χ0v) is 35.7. The lowest BCUT2D eigenvalue weighted by Gasteiger charge is -2.21. The van der Waals surface area contributed by atoms with Crippen molar-refractivity contribution in [3.8, 4) is 34.5 Å². The highest BCUT2D eigenvalue weighted by molar-refractivity contribution is 5.88. The Hall–Kier alpha value is -4.94. The van der Waals surface area contributed by atoms with Crippen molar-refractivity contribution in [3.63, 3.8) is 0 Å². The molecule has 12 nitrogen and oxygen atoms in total. The first kappa shape index (κ1) is 45.8. The summed E-state index contributed by atoms with van der Waals surface area (Å²) in [5.41, 5.74) is 1.78. The number of rotatable bonds is 21. The lowest BCUT2D eigenvalue weighted by atomic mass is 10.1. The first-order valence-electron chi connectivity index (χ1n) is 20.7. The van der Waals surface area contributed by atoms with Crippen LogP contribution in [-0.2, 0) is 9.59 Å². The Morgan fingerprint density at radius 1 is 0.466 bits per heavy atom. The first-order valence-corrected chi connectivity index (χ1v) is 20.7. The van der Waals surface area contributed by atoms with Crippen LogP contribution in [0.3, 0.4) is 0 Å². The molecule has 0 unspecified atom stereocenters. The second-order valence-corrected chi connectivity index (χ2v) is 14.5. The standard InChI is InChI=1S/C46H66N4O8/c1-53-39-33-37(34-40(54-2)45(39)57-5)19-11-13-21-43(51)49-27-17-25-47(29-31-49)23-15-9-7-8-10-16-24-48-26-18-28-50(32-30-48)44(52)22-14-12-20-38-35-41(55-3)46(58-6)42(36-38)56-4/h11-14,19-22,33-36H,7-10,15-18,23-32H2,1-6H3/b19-11+,20-12+,21-13+,22-14+. The van der Waals surface area contributed by atoms with Crippen molar-refractivity contribution in [1.29, 1.82) is 0 Å². The van der Waals surface area contributed by atoms with Crippen LogP contribution in [0.2, 0.25) is 0 Å². The molecule has 2 aromatic carbocycles. The highest BCUT2D eigenvalue weighted by Crippen LogP contribution is 2.39. The molecule has 58 heavy (non-hydrogen) atoms. The summed E-state index contributed by atoms with van der Waals surface area (Å²) in [6.07, 6.45) is 23.8. The van der Waals surface area contributed by atoms with E-state index in [9.17, 15) is 9.59 Å². The van der Waals surface area contributed by atoms with Gasteiger partial charge in [0.25, 0.3) is 0 Å². The topological polar surface area (TPSA) is 102 Å². The molecule has 4 rings (SSSR count). The third-order valence-electron chi connectivity index (χ3n) is 10.7. The van der Waals surface area contributed by atoms with Gasteiger partial charge in [-0.1, -0.05) is 62.1 Å². The normalized spacial score (nSPS) is 16.0. The van der Waals surface area contributed by atoms with Crippen LogP contribution in [0.15, 0.2) is 60.7 Å². The van der Waals surface area contributed by atoms with Gasteiger partial charge in [-0.25, -0.2) is 0 Å². The fourth-order valence-corrected chi connectivity index (χ4v) is 7.42. The summed E-state index contributed by atoms with van der Waals surface area (Å²) >= 11 is 0. The Balaban J connectivity index is 1.05. The summed E-state index contributed by atoms with van der Waals surface area (Å²) in [5.74, 6) is 3.56. The van der Waals surface area contributed by atoms with E-state index in [-0.39, 0.29) is 11.8 Å². The first-order chi connectivity index (χ1) is 28.3. The number of methoxy groups -OCH3 is 6. The number of unbranched alkanes of at least 4 members (excludes halogenated alkanes) is 5. The molecule has 0 radical (unpaired) electrons. The van der Waals surface area contributed by atoms with Crippen molar-refractivity contribution in [2.24, 2.45) is 0 Å². The van der Waals surface area contributed by atoms with Crippen molar-refractivity contribution >= 4 is 24.0 Å². The minimum atomic E-state index is 0.0500. The summed E-state index contributed by atoms with van der Waals surface area (Å²) in [7, 11) is 9.54. The van der Waals surface area contributed by atoms with Gasteiger partial charge in [-0.3, -0.25) is 9.59 Å². The summed E-state index contributed by atoms with van der Waals surface area (Å²) in [4.78, 5) is 34.8. The molecule has 0 aromatic heterocycles. The van der Waals surface area contributed by atoms with E-state index in [2.05, 4.69) is 9.80 Å². The molecule has 2 aliphatic rings. The molecule has 0 atom stereocenters. The zero-order valence-electron chi connectivity index (χ0n) is 35.7. The predicted molar refractivity (Wildman–Crippen MR) is 232 cm³/mol. The van der Waals surface area contributed by atoms with Crippen molar-refractivity contribution < 1.29 is 38.0 Å². The van der Waals surface area contributed by atoms with Crippen LogP contribution in [0, 0.1) is 0 Å². The predicted octanol–water partition coefficient (Wildman–Crippen LogP) is 6.99. The number of ether oxygens (including phenoxy) is 6. The second-order valence-electron chi connectivity index (χ2n) is 14.5. The number of hydrogen-bond donors (Lipinski definition) is 0. The van der Waals surface area contributed by atoms with Gasteiger partial charge in [-0.05, 0) is 87.3 Å². The van der Waals surface area contributed by atoms with Gasteiger partial charge in [0.2, 0.25) is 23.3 Å². The third kappa shape index (κ3) is 14.5. The van der Waals surface area contributed by atoms with Crippen LogP contribution in [0.4, 0.5) is 0 Å². The molecular weight excluding hydrogens is 737 g/mol. The van der Waals surface area contributed by atoms with E-state index in [1.54, 1.807) is 67.0 Å². The van der Waals surface area contributed by atoms with Gasteiger partial charge in [0.15, 0.2) is 23.0 Å². The summed E-state index contributed by atoms with van der Waals surface area (Å²) < 4.78 is 32.5. The van der Waals surface area contributed by atoms with Crippen molar-refractivity contribution in [3.05, 3.63) is 71.8 Å². The smallest absolute Gasteiger partial charge is 0.246 e. The molecule has 0 N–H and O–H groups in total. The van der Waals surface area contributed by atoms with Gasteiger partial charge < -0.3 is 48.0 Å². The Kier molecular flexibility index (Phi) is 20.1. The molecular formula is C46H66N4O8. The second kappa shape index (κ2) is 25.4. The number of hydrogen-bond acceptors (Lipinski definition) is 10. The Morgan fingerprint density at radius 2 is 0.828 bits per heavy atom. The van der Waals surface area contributed by atoms with E-state index in [0.717, 1.165) is 89.4 Å². The van der Waals surface area contributed by atoms with Gasteiger partial charge in [0, 0.05) is 51.4 Å². The van der Waals surface area contributed by atoms with E-state index in [4.69, 9.17) is 28.4 Å². The van der Waals surface area contributed by atoms with Gasteiger partial charge in [0.05, 0.1) is 42.7 Å². The quantitative estimate of drug-likeness (QED) is 0.0747. The van der Waals surface area contributed by atoms with Crippen LogP contribution in [0.5, 0.6) is 34.5 Å². The molecule has 2 amide bonds. The fraction of sp³-hybridized carbons (Fsp3) is 0.522. The van der Waals surface area contributed by atoms with E-state index < -0.39 is 0 Å². The average molecular weight is 803 g/mol. The van der Waals surface area contributed by atoms with Crippen LogP contribution in [0.1, 0.15) is 62.5 Å². The van der Waals surface area contributed by atoms with E-state index in [1.807, 2.05) is 58.4 Å². The van der Waals surface area contributed by atoms with Crippen LogP contribution in [-0.4, -0.2) is 140 Å². The third-order valence-corrected chi connectivity index (χ3v) is 10.7. The maximum Gasteiger partial charge on any atom is 0.246 e. The lowest BCUT2D eigenvalue weighted by molar-refractivity contribution is -0.126. The van der Waals surface area contributed by atoms with Gasteiger partial charge in [-0.15, -0.1) is 0 Å². The van der Waals surface area contributed by atoms with E-state index in [1.165, 1.54) is 38.5 Å². The van der Waals surface area contributed by atoms with Crippen molar-refractivity contribution in [2.45, 2.75) is 51.4 Å². The molecule has 0 bridgehead atoms. The molecule has 12 heteroatoms. The van der Waals surface area contributed by atoms with Crippen LogP contribution < -0.4 is 28.4 Å². The van der Waals surface area contributed by atoms with Gasteiger partial charge >= 0.3 is 0 Å². The minimum Gasteiger partial charge on any atom is -0.493 e. The number of carbonyl (C=O) groups is 2. The maximum absolute atomic E-state index is 12.9. The lowest BCUT2D eigenvalue weighted by Crippen LogP contribution is -2.34. The number of nitrogens with zero attached hydrogens (tertiary/aromatic N) is 4. The molecule has 2 saturated heterocycles. The monoisotopic (exact) mass is 802 g/mol. The highest BCUT2D eigenvalue weighted by atomic mass is 16.5. The van der Waals surface area contributed by atoms with Gasteiger partial charge in [-0.2, -0.15) is 0 Å². The van der Waals surface area contributed by atoms with Crippen LogP contribution >= 0.6 is 0 Å². The Labute approximate surface area is 346 Å². The van der Waals surface area contributed by atoms with E-state index in [0.29, 0.717) is 34.5 Å². The van der Waals surface area contributed by atoms with Crippen molar-refractivity contribution in [2.75, 3.05) is 108 Å². The maximum atomic E-state index is 12.9. The largest absolute Gasteiger partial charge is 0.493 e. The zero-order chi connectivity index (χ0) is 41.5. The molecule has 2 aromatic rings. The molecule has 0 aliphatic carbocycles. The SMILES string of the molecule is COc1cc(/C=C/C=C/C(=O)N2CCCN(CCCCCCCCN3CCCN(C(=O)/C=C/C=C/c4cc(OC)c(OC)c(OC)c4)CC3)CC2)cc(OC)c1OC. The highest BCUT2D eigenvalue weighted by Gasteiger charge is 2.19. The molecule has 2 heterocycles. The summed E-state index contributed by atoms with van der Waals surface area (Å²) in [6.45, 7) is 9.20. The minimum absolute atomic E-state index is 0.0500. The number of amides is 2. The molecule has 2 aliphatic heterocycles. The van der Waals surface area contributed by atoms with E-state index >= 15 is 0 Å². The summed E-state index contributed by atoms with van der Waals surface area (Å²) in [6, 6.07) is 7.49. The number of carbonyl (C=O) groups excluding carboxylic acids is 2. The Bertz CT molecular complexity index is 1530.